The van der Waals surface area contributed by atoms with Gasteiger partial charge in [-0.1, -0.05) is 23.7 Å². The summed E-state index contributed by atoms with van der Waals surface area (Å²) in [5, 5.41) is 7.42. The smallest absolute Gasteiger partial charge is 0.0551 e. The lowest BCUT2D eigenvalue weighted by Gasteiger charge is -2.11. The number of hydrogen-bond donors (Lipinski definition) is 4. The fourth-order valence-electron chi connectivity index (χ4n) is 2.26. The van der Waals surface area contributed by atoms with E-state index in [9.17, 15) is 0 Å². The molecule has 0 saturated heterocycles. The van der Waals surface area contributed by atoms with Crippen molar-refractivity contribution in [1.82, 2.24) is 15.6 Å². The Hall–Kier alpha value is -0.720. The molecular weight excluding hydrogens is 346 g/mol. The third-order valence-electron chi connectivity index (χ3n) is 3.28. The number of halogens is 1. The third kappa shape index (κ3) is 6.36. The maximum absolute atomic E-state index is 6.12. The second-order valence-electron chi connectivity index (χ2n) is 5.15. The maximum Gasteiger partial charge on any atom is 0.0551 e. The van der Waals surface area contributed by atoms with Crippen molar-refractivity contribution < 1.29 is 0 Å². The Bertz CT molecular complexity index is 594. The molecule has 1 heterocycles. The SMILES string of the molecule is SCCNCc1cc(-c2cccc(Cl)c2)cc(CNCCS)n1. The summed E-state index contributed by atoms with van der Waals surface area (Å²) in [6, 6.07) is 12.1. The van der Waals surface area contributed by atoms with Crippen molar-refractivity contribution in [3.63, 3.8) is 0 Å². The number of thiol groups is 2. The van der Waals surface area contributed by atoms with Gasteiger partial charge in [-0.05, 0) is 35.4 Å². The molecule has 0 atom stereocenters. The summed E-state index contributed by atoms with van der Waals surface area (Å²) in [4.78, 5) is 4.72. The van der Waals surface area contributed by atoms with E-state index in [-0.39, 0.29) is 0 Å². The van der Waals surface area contributed by atoms with Crippen molar-refractivity contribution in [1.29, 1.82) is 0 Å². The first-order valence-electron chi connectivity index (χ1n) is 7.62. The van der Waals surface area contributed by atoms with E-state index in [4.69, 9.17) is 16.6 Å². The molecule has 1 aromatic carbocycles. The number of rotatable bonds is 9. The van der Waals surface area contributed by atoms with Crippen LogP contribution in [-0.4, -0.2) is 29.6 Å². The lowest BCUT2D eigenvalue weighted by atomic mass is 10.0. The van der Waals surface area contributed by atoms with Gasteiger partial charge in [-0.3, -0.25) is 4.98 Å². The van der Waals surface area contributed by atoms with Gasteiger partial charge in [0.1, 0.15) is 0 Å². The zero-order chi connectivity index (χ0) is 16.5. The average molecular weight is 368 g/mol. The fourth-order valence-corrected chi connectivity index (χ4v) is 2.76. The van der Waals surface area contributed by atoms with Gasteiger partial charge in [-0.2, -0.15) is 25.3 Å². The zero-order valence-electron chi connectivity index (χ0n) is 12.9. The van der Waals surface area contributed by atoms with Crippen LogP contribution >= 0.6 is 36.9 Å². The summed E-state index contributed by atoms with van der Waals surface area (Å²) >= 11 is 14.6. The molecule has 2 aromatic rings. The van der Waals surface area contributed by atoms with Crippen LogP contribution in [0.15, 0.2) is 36.4 Å². The van der Waals surface area contributed by atoms with E-state index in [0.717, 1.165) is 65.2 Å². The average Bonchev–Trinajstić information content (AvgIpc) is 2.55. The molecule has 0 aliphatic heterocycles. The first-order valence-corrected chi connectivity index (χ1v) is 9.26. The van der Waals surface area contributed by atoms with Gasteiger partial charge in [0.2, 0.25) is 0 Å². The Kier molecular flexibility index (Phi) is 8.26. The van der Waals surface area contributed by atoms with Crippen LogP contribution in [0.2, 0.25) is 5.02 Å². The summed E-state index contributed by atoms with van der Waals surface area (Å²) in [6.45, 7) is 3.18. The molecule has 0 saturated carbocycles. The van der Waals surface area contributed by atoms with E-state index in [2.05, 4.69) is 54.1 Å². The minimum absolute atomic E-state index is 0.731. The van der Waals surface area contributed by atoms with E-state index in [0.29, 0.717) is 0 Å². The second-order valence-corrected chi connectivity index (χ2v) is 6.48. The van der Waals surface area contributed by atoms with Crippen LogP contribution in [-0.2, 0) is 13.1 Å². The lowest BCUT2D eigenvalue weighted by Crippen LogP contribution is -2.19. The number of pyridine rings is 1. The Morgan fingerprint density at radius 2 is 1.48 bits per heavy atom. The molecule has 6 heteroatoms. The zero-order valence-corrected chi connectivity index (χ0v) is 15.5. The van der Waals surface area contributed by atoms with Gasteiger partial charge in [0.15, 0.2) is 0 Å². The number of hydrogen-bond acceptors (Lipinski definition) is 5. The highest BCUT2D eigenvalue weighted by Crippen LogP contribution is 2.24. The van der Waals surface area contributed by atoms with Gasteiger partial charge >= 0.3 is 0 Å². The minimum Gasteiger partial charge on any atom is -0.310 e. The standard InChI is InChI=1S/C17H22ClN3S2/c18-15-3-1-2-13(8-15)14-9-16(11-19-4-6-22)21-17(10-14)12-20-5-7-23/h1-3,8-10,19-20,22-23H,4-7,11-12H2. The van der Waals surface area contributed by atoms with Crippen LogP contribution in [0.1, 0.15) is 11.4 Å². The number of nitrogens with one attached hydrogen (secondary N) is 2. The van der Waals surface area contributed by atoms with E-state index in [1.807, 2.05) is 18.2 Å². The predicted octanol–water partition coefficient (Wildman–Crippen LogP) is 3.44. The number of aromatic nitrogens is 1. The Labute approximate surface area is 154 Å². The molecule has 0 amide bonds. The monoisotopic (exact) mass is 367 g/mol. The number of nitrogens with zero attached hydrogens (tertiary/aromatic N) is 1. The first-order chi connectivity index (χ1) is 11.2. The third-order valence-corrected chi connectivity index (χ3v) is 3.96. The molecule has 0 unspecified atom stereocenters. The normalized spacial score (nSPS) is 10.9. The van der Waals surface area contributed by atoms with Crippen LogP contribution < -0.4 is 10.6 Å². The highest BCUT2D eigenvalue weighted by Gasteiger charge is 2.06. The quantitative estimate of drug-likeness (QED) is 0.405. The molecule has 0 aliphatic carbocycles. The van der Waals surface area contributed by atoms with Crippen LogP contribution in [0, 0.1) is 0 Å². The van der Waals surface area contributed by atoms with Crippen LogP contribution in [0.4, 0.5) is 0 Å². The minimum atomic E-state index is 0.731. The van der Waals surface area contributed by atoms with Gasteiger partial charge in [0.05, 0.1) is 11.4 Å². The van der Waals surface area contributed by atoms with E-state index >= 15 is 0 Å². The Morgan fingerprint density at radius 3 is 2.00 bits per heavy atom. The molecule has 0 radical (unpaired) electrons. The molecule has 1 aromatic heterocycles. The highest BCUT2D eigenvalue weighted by molar-refractivity contribution is 7.80. The second kappa shape index (κ2) is 10.2. The van der Waals surface area contributed by atoms with E-state index < -0.39 is 0 Å². The van der Waals surface area contributed by atoms with Crippen LogP contribution in [0.25, 0.3) is 11.1 Å². The van der Waals surface area contributed by atoms with Gasteiger partial charge in [0.25, 0.3) is 0 Å². The Balaban J connectivity index is 2.24. The van der Waals surface area contributed by atoms with Crippen molar-refractivity contribution in [2.75, 3.05) is 24.6 Å². The van der Waals surface area contributed by atoms with E-state index in [1.54, 1.807) is 0 Å². The summed E-state index contributed by atoms with van der Waals surface area (Å²) < 4.78 is 0. The summed E-state index contributed by atoms with van der Waals surface area (Å²) in [7, 11) is 0. The largest absolute Gasteiger partial charge is 0.310 e. The van der Waals surface area contributed by atoms with Crippen molar-refractivity contribution in [2.45, 2.75) is 13.1 Å². The fraction of sp³-hybridized carbons (Fsp3) is 0.353. The molecule has 23 heavy (non-hydrogen) atoms. The molecule has 0 bridgehead atoms. The molecule has 0 spiro atoms. The molecular formula is C17H22ClN3S2. The summed E-state index contributed by atoms with van der Waals surface area (Å²) in [5.74, 6) is 1.62. The summed E-state index contributed by atoms with van der Waals surface area (Å²) in [6.07, 6.45) is 0. The van der Waals surface area contributed by atoms with Crippen molar-refractivity contribution in [3.8, 4) is 11.1 Å². The van der Waals surface area contributed by atoms with Gasteiger partial charge in [0, 0.05) is 42.7 Å². The molecule has 2 N–H and O–H groups in total. The molecule has 3 nitrogen and oxygen atoms in total. The van der Waals surface area contributed by atoms with Crippen molar-refractivity contribution in [2.24, 2.45) is 0 Å². The Morgan fingerprint density at radius 1 is 0.870 bits per heavy atom. The highest BCUT2D eigenvalue weighted by atomic mass is 35.5. The van der Waals surface area contributed by atoms with Gasteiger partial charge in [-0.15, -0.1) is 0 Å². The van der Waals surface area contributed by atoms with Gasteiger partial charge in [-0.25, -0.2) is 0 Å². The van der Waals surface area contributed by atoms with Crippen LogP contribution in [0.5, 0.6) is 0 Å². The summed E-state index contributed by atoms with van der Waals surface area (Å²) in [5.41, 5.74) is 4.28. The maximum atomic E-state index is 6.12. The first kappa shape index (κ1) is 18.6. The molecule has 2 rings (SSSR count). The number of benzene rings is 1. The predicted molar refractivity (Wildman–Crippen MR) is 106 cm³/mol. The topological polar surface area (TPSA) is 37.0 Å². The molecule has 0 fully saturated rings. The lowest BCUT2D eigenvalue weighted by molar-refractivity contribution is 0.688. The van der Waals surface area contributed by atoms with E-state index in [1.165, 1.54) is 0 Å². The molecule has 0 aliphatic rings. The molecule has 124 valence electrons. The van der Waals surface area contributed by atoms with Crippen molar-refractivity contribution in [3.05, 3.63) is 52.8 Å². The van der Waals surface area contributed by atoms with Crippen LogP contribution in [0.3, 0.4) is 0 Å². The van der Waals surface area contributed by atoms with Crippen molar-refractivity contribution >= 4 is 36.9 Å². The van der Waals surface area contributed by atoms with Gasteiger partial charge < -0.3 is 10.6 Å².